The van der Waals surface area contributed by atoms with E-state index in [1.54, 1.807) is 18.2 Å². The van der Waals surface area contributed by atoms with Crippen molar-refractivity contribution in [3.8, 4) is 11.5 Å². The van der Waals surface area contributed by atoms with E-state index in [2.05, 4.69) is 4.98 Å². The molecule has 0 radical (unpaired) electrons. The first-order valence-electron chi connectivity index (χ1n) is 7.01. The van der Waals surface area contributed by atoms with E-state index in [0.29, 0.717) is 22.6 Å². The summed E-state index contributed by atoms with van der Waals surface area (Å²) < 4.78 is 15.6. The first-order valence-corrected chi connectivity index (χ1v) is 7.01. The molecule has 0 saturated carbocycles. The number of aromatic nitrogens is 1. The number of hydrogen-bond acceptors (Lipinski definition) is 5. The smallest absolute Gasteiger partial charge is 0.341 e. The van der Waals surface area contributed by atoms with Crippen molar-refractivity contribution in [3.05, 3.63) is 60.4 Å². The predicted octanol–water partition coefficient (Wildman–Crippen LogP) is 3.66. The van der Waals surface area contributed by atoms with Crippen molar-refractivity contribution >= 4 is 22.6 Å². The molecule has 0 aliphatic carbocycles. The second-order valence-electron chi connectivity index (χ2n) is 4.80. The van der Waals surface area contributed by atoms with Crippen LogP contribution < -0.4 is 0 Å². The fourth-order valence-electron chi connectivity index (χ4n) is 2.32. The fraction of sp³-hybridized carbons (Fsp3) is 0.111. The van der Waals surface area contributed by atoms with Gasteiger partial charge >= 0.3 is 5.97 Å². The Balaban J connectivity index is 2.17. The number of rotatable bonds is 4. The van der Waals surface area contributed by atoms with Gasteiger partial charge in [-0.3, -0.25) is 0 Å². The highest BCUT2D eigenvalue weighted by atomic mass is 16.5. The zero-order chi connectivity index (χ0) is 16.2. The van der Waals surface area contributed by atoms with Gasteiger partial charge in [-0.1, -0.05) is 30.3 Å². The second-order valence-corrected chi connectivity index (χ2v) is 4.80. The molecule has 1 aromatic heterocycles. The van der Waals surface area contributed by atoms with E-state index in [-0.39, 0.29) is 5.57 Å². The minimum absolute atomic E-state index is 0.286. The van der Waals surface area contributed by atoms with Crippen LogP contribution in [-0.4, -0.2) is 25.2 Å². The normalized spacial score (nSPS) is 11.5. The van der Waals surface area contributed by atoms with Crippen LogP contribution in [0.5, 0.6) is 0 Å². The molecular formula is C18H15NO4. The van der Waals surface area contributed by atoms with Gasteiger partial charge in [-0.15, -0.1) is 0 Å². The first-order chi connectivity index (χ1) is 11.2. The zero-order valence-corrected chi connectivity index (χ0v) is 12.8. The van der Waals surface area contributed by atoms with Crippen molar-refractivity contribution in [3.63, 3.8) is 0 Å². The van der Waals surface area contributed by atoms with Crippen LogP contribution in [0.1, 0.15) is 5.56 Å². The van der Waals surface area contributed by atoms with Gasteiger partial charge in [0.1, 0.15) is 11.1 Å². The minimum Gasteiger partial charge on any atom is -0.503 e. The number of nitrogens with zero attached hydrogens (tertiary/aromatic N) is 1. The Morgan fingerprint density at radius 3 is 2.57 bits per heavy atom. The van der Waals surface area contributed by atoms with Crippen LogP contribution in [0.25, 0.3) is 28.1 Å². The molecular weight excluding hydrogens is 294 g/mol. The third-order valence-corrected chi connectivity index (χ3v) is 3.37. The maximum atomic E-state index is 12.0. The molecule has 0 saturated heterocycles. The van der Waals surface area contributed by atoms with Crippen LogP contribution in [0.15, 0.2) is 59.2 Å². The lowest BCUT2D eigenvalue weighted by Crippen LogP contribution is -2.05. The summed E-state index contributed by atoms with van der Waals surface area (Å²) in [5.74, 6) is -0.00158. The molecule has 0 unspecified atom stereocenters. The summed E-state index contributed by atoms with van der Waals surface area (Å²) in [5, 5.41) is 0. The van der Waals surface area contributed by atoms with E-state index in [4.69, 9.17) is 13.9 Å². The maximum absolute atomic E-state index is 12.0. The summed E-state index contributed by atoms with van der Waals surface area (Å²) in [4.78, 5) is 16.5. The highest BCUT2D eigenvalue weighted by Gasteiger charge is 2.19. The zero-order valence-electron chi connectivity index (χ0n) is 12.8. The van der Waals surface area contributed by atoms with Crippen LogP contribution in [0.2, 0.25) is 0 Å². The van der Waals surface area contributed by atoms with E-state index in [0.717, 1.165) is 5.56 Å². The van der Waals surface area contributed by atoms with Gasteiger partial charge in [-0.05, 0) is 18.2 Å². The number of fused-ring (bicyclic) bond motifs is 1. The molecule has 2 aromatic carbocycles. The van der Waals surface area contributed by atoms with E-state index in [1.165, 1.54) is 20.5 Å². The van der Waals surface area contributed by atoms with E-state index >= 15 is 0 Å². The van der Waals surface area contributed by atoms with Gasteiger partial charge in [-0.25, -0.2) is 9.78 Å². The highest BCUT2D eigenvalue weighted by molar-refractivity contribution is 6.19. The van der Waals surface area contributed by atoms with Gasteiger partial charge in [-0.2, -0.15) is 0 Å². The number of carbonyl (C=O) groups is 1. The summed E-state index contributed by atoms with van der Waals surface area (Å²) in [5.41, 5.74) is 2.92. The average Bonchev–Trinajstić information content (AvgIpc) is 3.04. The van der Waals surface area contributed by atoms with Crippen molar-refractivity contribution in [2.24, 2.45) is 0 Å². The third-order valence-electron chi connectivity index (χ3n) is 3.37. The molecule has 0 bridgehead atoms. The van der Waals surface area contributed by atoms with Gasteiger partial charge < -0.3 is 13.9 Å². The number of benzene rings is 2. The summed E-state index contributed by atoms with van der Waals surface area (Å²) >= 11 is 0. The van der Waals surface area contributed by atoms with Crippen molar-refractivity contribution in [1.82, 2.24) is 4.98 Å². The number of hydrogen-bond donors (Lipinski definition) is 0. The SMILES string of the molecule is CO/C=C(/C(=O)OC)c1cccc2oc(-c3ccccc3)nc12. The molecule has 0 amide bonds. The molecule has 0 atom stereocenters. The topological polar surface area (TPSA) is 61.6 Å². The number of carbonyl (C=O) groups excluding carboxylic acids is 1. The molecule has 0 fully saturated rings. The molecule has 0 aliphatic heterocycles. The fourth-order valence-corrected chi connectivity index (χ4v) is 2.32. The molecule has 0 spiro atoms. The van der Waals surface area contributed by atoms with Crippen LogP contribution in [0.3, 0.4) is 0 Å². The third kappa shape index (κ3) is 2.81. The number of esters is 1. The molecule has 23 heavy (non-hydrogen) atoms. The second kappa shape index (κ2) is 6.36. The summed E-state index contributed by atoms with van der Waals surface area (Å²) in [6.07, 6.45) is 1.34. The Morgan fingerprint density at radius 1 is 1.09 bits per heavy atom. The Bertz CT molecular complexity index is 865. The Kier molecular flexibility index (Phi) is 4.10. The standard InChI is InChI=1S/C18H15NO4/c1-21-11-14(18(20)22-2)13-9-6-10-15-16(13)19-17(23-15)12-7-4-3-5-8-12/h3-11H,1-2H3/b14-11+. The van der Waals surface area contributed by atoms with Crippen molar-refractivity contribution < 1.29 is 18.7 Å². The Labute approximate surface area is 133 Å². The molecule has 1 heterocycles. The highest BCUT2D eigenvalue weighted by Crippen LogP contribution is 2.30. The monoisotopic (exact) mass is 309 g/mol. The predicted molar refractivity (Wildman–Crippen MR) is 86.4 cm³/mol. The van der Waals surface area contributed by atoms with E-state index < -0.39 is 5.97 Å². The summed E-state index contributed by atoms with van der Waals surface area (Å²) in [6, 6.07) is 15.0. The molecule has 3 rings (SSSR count). The van der Waals surface area contributed by atoms with Crippen molar-refractivity contribution in [2.75, 3.05) is 14.2 Å². The Hall–Kier alpha value is -3.08. The molecule has 0 aliphatic rings. The number of methoxy groups -OCH3 is 2. The lowest BCUT2D eigenvalue weighted by Gasteiger charge is -2.05. The van der Waals surface area contributed by atoms with Crippen LogP contribution >= 0.6 is 0 Å². The van der Waals surface area contributed by atoms with Gasteiger partial charge in [0.15, 0.2) is 5.58 Å². The molecule has 5 heteroatoms. The van der Waals surface area contributed by atoms with Gasteiger partial charge in [0, 0.05) is 11.1 Å². The quantitative estimate of drug-likeness (QED) is 0.418. The lowest BCUT2D eigenvalue weighted by molar-refractivity contribution is -0.133. The lowest BCUT2D eigenvalue weighted by atomic mass is 10.1. The molecule has 0 N–H and O–H groups in total. The molecule has 5 nitrogen and oxygen atoms in total. The number of oxazole rings is 1. The van der Waals surface area contributed by atoms with Gasteiger partial charge in [0.2, 0.25) is 5.89 Å². The summed E-state index contributed by atoms with van der Waals surface area (Å²) in [7, 11) is 2.80. The summed E-state index contributed by atoms with van der Waals surface area (Å²) in [6.45, 7) is 0. The first kappa shape index (κ1) is 14.8. The minimum atomic E-state index is -0.497. The van der Waals surface area contributed by atoms with E-state index in [1.807, 2.05) is 30.3 Å². The number of ether oxygens (including phenoxy) is 2. The van der Waals surface area contributed by atoms with Crippen LogP contribution in [-0.2, 0) is 14.3 Å². The van der Waals surface area contributed by atoms with Crippen molar-refractivity contribution in [2.45, 2.75) is 0 Å². The Morgan fingerprint density at radius 2 is 1.87 bits per heavy atom. The molecule has 116 valence electrons. The number of para-hydroxylation sites is 1. The van der Waals surface area contributed by atoms with E-state index in [9.17, 15) is 4.79 Å². The average molecular weight is 309 g/mol. The van der Waals surface area contributed by atoms with Crippen molar-refractivity contribution in [1.29, 1.82) is 0 Å². The van der Waals surface area contributed by atoms with Gasteiger partial charge in [0.25, 0.3) is 0 Å². The van der Waals surface area contributed by atoms with Crippen LogP contribution in [0.4, 0.5) is 0 Å². The maximum Gasteiger partial charge on any atom is 0.341 e. The van der Waals surface area contributed by atoms with Crippen LogP contribution in [0, 0.1) is 0 Å². The van der Waals surface area contributed by atoms with Gasteiger partial charge in [0.05, 0.1) is 20.5 Å². The molecule has 3 aromatic rings. The largest absolute Gasteiger partial charge is 0.503 e.